The van der Waals surface area contributed by atoms with Crippen LogP contribution in [0.5, 0.6) is 0 Å². The molecule has 0 aromatic carbocycles. The molecule has 6 heteroatoms. The molecule has 1 N–H and O–H groups in total. The quantitative estimate of drug-likeness (QED) is 0.889. The third-order valence-electron chi connectivity index (χ3n) is 4.09. The summed E-state index contributed by atoms with van der Waals surface area (Å²) in [5.74, 6) is 0.534. The zero-order chi connectivity index (χ0) is 17.1. The Hall–Kier alpha value is -2.11. The fourth-order valence-electron chi connectivity index (χ4n) is 2.76. The molecule has 2 rings (SSSR count). The Labute approximate surface area is 137 Å². The average molecular weight is 317 g/mol. The number of aryl methyl sites for hydroxylation is 3. The van der Waals surface area contributed by atoms with Crippen molar-refractivity contribution in [1.82, 2.24) is 24.9 Å². The maximum atomic E-state index is 12.6. The van der Waals surface area contributed by atoms with Gasteiger partial charge in [-0.1, -0.05) is 13.8 Å². The number of aromatic nitrogens is 4. The van der Waals surface area contributed by atoms with Crippen molar-refractivity contribution in [3.05, 3.63) is 34.4 Å². The number of aromatic amines is 1. The highest BCUT2D eigenvalue weighted by molar-refractivity contribution is 5.92. The first-order chi connectivity index (χ1) is 10.8. The van der Waals surface area contributed by atoms with Crippen LogP contribution in [-0.4, -0.2) is 44.4 Å². The summed E-state index contributed by atoms with van der Waals surface area (Å²) in [5, 5.41) is 11.6. The maximum absolute atomic E-state index is 12.6. The molecule has 2 aromatic rings. The minimum absolute atomic E-state index is 0.00815. The minimum Gasteiger partial charge on any atom is -0.340 e. The van der Waals surface area contributed by atoms with Crippen molar-refractivity contribution in [2.45, 2.75) is 40.5 Å². The van der Waals surface area contributed by atoms with E-state index in [0.717, 1.165) is 29.9 Å². The van der Waals surface area contributed by atoms with Crippen molar-refractivity contribution in [3.8, 4) is 0 Å². The van der Waals surface area contributed by atoms with Gasteiger partial charge in [-0.25, -0.2) is 0 Å². The monoisotopic (exact) mass is 317 g/mol. The molecule has 0 spiro atoms. The number of carbonyl (C=O) groups is 1. The smallest absolute Gasteiger partial charge is 0.271 e. The van der Waals surface area contributed by atoms with Crippen molar-refractivity contribution in [3.63, 3.8) is 0 Å². The van der Waals surface area contributed by atoms with Crippen LogP contribution in [0.25, 0.3) is 0 Å². The average Bonchev–Trinajstić information content (AvgIpc) is 2.98. The zero-order valence-electron chi connectivity index (χ0n) is 15.0. The first-order valence-electron chi connectivity index (χ1n) is 8.08. The fourth-order valence-corrected chi connectivity index (χ4v) is 2.76. The van der Waals surface area contributed by atoms with Gasteiger partial charge in [-0.3, -0.25) is 14.6 Å². The maximum Gasteiger partial charge on any atom is 0.271 e. The lowest BCUT2D eigenvalue weighted by atomic mass is 10.1. The number of H-pyrrole nitrogens is 1. The van der Waals surface area contributed by atoms with E-state index in [0.29, 0.717) is 18.2 Å². The third kappa shape index (κ3) is 4.00. The van der Waals surface area contributed by atoms with Gasteiger partial charge in [0.2, 0.25) is 0 Å². The minimum atomic E-state index is 0.00815. The molecule has 23 heavy (non-hydrogen) atoms. The van der Waals surface area contributed by atoms with Crippen molar-refractivity contribution in [1.29, 1.82) is 0 Å². The van der Waals surface area contributed by atoms with E-state index in [4.69, 9.17) is 0 Å². The Balaban J connectivity index is 2.03. The van der Waals surface area contributed by atoms with E-state index < -0.39 is 0 Å². The molecule has 0 fully saturated rings. The Bertz CT molecular complexity index is 664. The summed E-state index contributed by atoms with van der Waals surface area (Å²) in [6.45, 7) is 8.96. The lowest BCUT2D eigenvalue weighted by Gasteiger charge is -2.17. The van der Waals surface area contributed by atoms with Crippen LogP contribution in [0.1, 0.15) is 47.0 Å². The molecule has 2 heterocycles. The summed E-state index contributed by atoms with van der Waals surface area (Å²) in [5.41, 5.74) is 4.88. The predicted molar refractivity (Wildman–Crippen MR) is 90.5 cm³/mol. The topological polar surface area (TPSA) is 66.8 Å². The highest BCUT2D eigenvalue weighted by Crippen LogP contribution is 2.13. The van der Waals surface area contributed by atoms with Crippen LogP contribution in [0, 0.1) is 19.8 Å². The second kappa shape index (κ2) is 6.98. The van der Waals surface area contributed by atoms with E-state index in [1.807, 2.05) is 34.0 Å². The predicted octanol–water partition coefficient (Wildman–Crippen LogP) is 2.27. The molecule has 0 unspecified atom stereocenters. The van der Waals surface area contributed by atoms with Crippen molar-refractivity contribution in [2.24, 2.45) is 13.0 Å². The van der Waals surface area contributed by atoms with E-state index in [2.05, 4.69) is 29.1 Å². The van der Waals surface area contributed by atoms with Gasteiger partial charge in [-0.15, -0.1) is 0 Å². The third-order valence-corrected chi connectivity index (χ3v) is 4.09. The highest BCUT2D eigenvalue weighted by atomic mass is 16.2. The molecule has 0 bridgehead atoms. The molecule has 1 amide bonds. The van der Waals surface area contributed by atoms with Crippen LogP contribution in [0.3, 0.4) is 0 Å². The fraction of sp³-hybridized carbons (Fsp3) is 0.588. The molecule has 6 nitrogen and oxygen atoms in total. The molecule has 0 saturated carbocycles. The van der Waals surface area contributed by atoms with Gasteiger partial charge in [0.05, 0.1) is 11.4 Å². The van der Waals surface area contributed by atoms with Crippen molar-refractivity contribution < 1.29 is 4.79 Å². The van der Waals surface area contributed by atoms with Gasteiger partial charge >= 0.3 is 0 Å². The Morgan fingerprint density at radius 1 is 1.39 bits per heavy atom. The number of nitrogens with zero attached hydrogens (tertiary/aromatic N) is 4. The number of carbonyl (C=O) groups excluding carboxylic acids is 1. The molecule has 0 saturated heterocycles. The summed E-state index contributed by atoms with van der Waals surface area (Å²) in [6, 6.07) is 1.91. The normalized spacial score (nSPS) is 11.3. The molecule has 126 valence electrons. The number of rotatable bonds is 6. The van der Waals surface area contributed by atoms with E-state index in [-0.39, 0.29) is 5.91 Å². The zero-order valence-corrected chi connectivity index (χ0v) is 15.0. The van der Waals surface area contributed by atoms with Gasteiger partial charge in [0.15, 0.2) is 0 Å². The van der Waals surface area contributed by atoms with Gasteiger partial charge in [-0.05, 0) is 44.2 Å². The van der Waals surface area contributed by atoms with Crippen LogP contribution >= 0.6 is 0 Å². The number of hydrogen-bond donors (Lipinski definition) is 1. The van der Waals surface area contributed by atoms with E-state index in [1.165, 1.54) is 5.56 Å². The first kappa shape index (κ1) is 17.2. The van der Waals surface area contributed by atoms with Gasteiger partial charge in [0, 0.05) is 26.3 Å². The summed E-state index contributed by atoms with van der Waals surface area (Å²) >= 11 is 0. The molecule has 0 aliphatic carbocycles. The number of amides is 1. The number of likely N-dealkylation sites (N-methyl/N-ethyl adjacent to an activating group) is 1. The summed E-state index contributed by atoms with van der Waals surface area (Å²) < 4.78 is 1.69. The molecule has 0 radical (unpaired) electrons. The summed E-state index contributed by atoms with van der Waals surface area (Å²) in [7, 11) is 3.66. The largest absolute Gasteiger partial charge is 0.340 e. The van der Waals surface area contributed by atoms with Gasteiger partial charge < -0.3 is 4.90 Å². The lowest BCUT2D eigenvalue weighted by Crippen LogP contribution is -2.30. The van der Waals surface area contributed by atoms with Crippen LogP contribution in [-0.2, 0) is 19.9 Å². The van der Waals surface area contributed by atoms with E-state index >= 15 is 0 Å². The van der Waals surface area contributed by atoms with Crippen LogP contribution in [0.2, 0.25) is 0 Å². The molecule has 2 aromatic heterocycles. The first-order valence-corrected chi connectivity index (χ1v) is 8.08. The molecular formula is C17H27N5O. The van der Waals surface area contributed by atoms with Crippen molar-refractivity contribution in [2.75, 3.05) is 13.6 Å². The summed E-state index contributed by atoms with van der Waals surface area (Å²) in [4.78, 5) is 14.4. The van der Waals surface area contributed by atoms with Gasteiger partial charge in [-0.2, -0.15) is 10.2 Å². The molecule has 0 aliphatic rings. The standard InChI is InChI=1S/C17H27N5O/c1-11(2)9-14-10-16(22(6)20-14)17(23)21(5)8-7-15-12(3)18-19-13(15)4/h10-11H,7-9H2,1-6H3,(H,18,19). The number of nitrogens with one attached hydrogen (secondary N) is 1. The Morgan fingerprint density at radius 2 is 2.09 bits per heavy atom. The van der Waals surface area contributed by atoms with E-state index in [1.54, 1.807) is 9.58 Å². The lowest BCUT2D eigenvalue weighted by molar-refractivity contribution is 0.0785. The molecular weight excluding hydrogens is 290 g/mol. The van der Waals surface area contributed by atoms with Crippen LogP contribution in [0.15, 0.2) is 6.07 Å². The summed E-state index contributed by atoms with van der Waals surface area (Å²) in [6.07, 6.45) is 1.69. The Morgan fingerprint density at radius 3 is 2.65 bits per heavy atom. The number of hydrogen-bond acceptors (Lipinski definition) is 3. The van der Waals surface area contributed by atoms with Gasteiger partial charge in [0.1, 0.15) is 5.69 Å². The highest BCUT2D eigenvalue weighted by Gasteiger charge is 2.18. The molecule has 0 atom stereocenters. The second-order valence-corrected chi connectivity index (χ2v) is 6.63. The van der Waals surface area contributed by atoms with Crippen LogP contribution < -0.4 is 0 Å². The van der Waals surface area contributed by atoms with E-state index in [9.17, 15) is 4.79 Å². The van der Waals surface area contributed by atoms with Crippen molar-refractivity contribution >= 4 is 5.91 Å². The van der Waals surface area contributed by atoms with Gasteiger partial charge in [0.25, 0.3) is 5.91 Å². The molecule has 0 aliphatic heterocycles. The Kier molecular flexibility index (Phi) is 5.23. The van der Waals surface area contributed by atoms with Crippen LogP contribution in [0.4, 0.5) is 0 Å². The SMILES string of the molecule is Cc1n[nH]c(C)c1CCN(C)C(=O)c1cc(CC(C)C)nn1C. The second-order valence-electron chi connectivity index (χ2n) is 6.63.